The molecule has 1 aromatic rings. The van der Waals surface area contributed by atoms with E-state index in [0.29, 0.717) is 12.0 Å². The topological polar surface area (TPSA) is 55.3 Å². The number of piperidine rings is 1. The molecule has 2 heterocycles. The Bertz CT molecular complexity index is 398. The molecule has 19 heavy (non-hydrogen) atoms. The molecule has 108 valence electrons. The molecule has 1 fully saturated rings. The lowest BCUT2D eigenvalue weighted by molar-refractivity contribution is 0.152. The highest BCUT2D eigenvalue weighted by atomic mass is 16.4. The fourth-order valence-electron chi connectivity index (χ4n) is 2.56. The normalized spacial score (nSPS) is 20.7. The second kappa shape index (κ2) is 5.63. The van der Waals surface area contributed by atoms with Gasteiger partial charge in [0.1, 0.15) is 5.76 Å². The molecule has 0 bridgehead atoms. The fourth-order valence-corrected chi connectivity index (χ4v) is 2.56. The van der Waals surface area contributed by atoms with Gasteiger partial charge in [0.15, 0.2) is 0 Å². The van der Waals surface area contributed by atoms with Crippen LogP contribution in [0.4, 0.5) is 0 Å². The molecule has 1 atom stereocenters. The number of oxazole rings is 1. The molecule has 0 aliphatic carbocycles. The summed E-state index contributed by atoms with van der Waals surface area (Å²) in [6, 6.07) is 0.316. The SMILES string of the molecule is CC(N)C1CCN(Cc2ncc(C(C)(C)C)o2)CC1. The van der Waals surface area contributed by atoms with Gasteiger partial charge < -0.3 is 10.2 Å². The summed E-state index contributed by atoms with van der Waals surface area (Å²) in [4.78, 5) is 6.81. The Kier molecular flexibility index (Phi) is 4.31. The number of hydrogen-bond donors (Lipinski definition) is 1. The van der Waals surface area contributed by atoms with Crippen LogP contribution < -0.4 is 5.73 Å². The van der Waals surface area contributed by atoms with E-state index >= 15 is 0 Å². The van der Waals surface area contributed by atoms with Gasteiger partial charge in [0.25, 0.3) is 0 Å². The zero-order valence-corrected chi connectivity index (χ0v) is 12.6. The highest BCUT2D eigenvalue weighted by Crippen LogP contribution is 2.24. The van der Waals surface area contributed by atoms with Gasteiger partial charge in [-0.25, -0.2) is 4.98 Å². The first-order valence-corrected chi connectivity index (χ1v) is 7.29. The van der Waals surface area contributed by atoms with E-state index in [9.17, 15) is 0 Å². The zero-order chi connectivity index (χ0) is 14.0. The first-order chi connectivity index (χ1) is 8.86. The Hall–Kier alpha value is -0.870. The number of rotatable bonds is 3. The van der Waals surface area contributed by atoms with Crippen LogP contribution in [0.1, 0.15) is 52.2 Å². The summed E-state index contributed by atoms with van der Waals surface area (Å²) >= 11 is 0. The van der Waals surface area contributed by atoms with Crippen molar-refractivity contribution >= 4 is 0 Å². The van der Waals surface area contributed by atoms with E-state index in [1.807, 2.05) is 6.20 Å². The second-order valence-electron chi connectivity index (χ2n) is 6.84. The predicted octanol–water partition coefficient (Wildman–Crippen LogP) is 2.53. The standard InChI is InChI=1S/C15H27N3O/c1-11(16)12-5-7-18(8-6-12)10-14-17-9-13(19-14)15(2,3)4/h9,11-12H,5-8,10,16H2,1-4H3. The minimum Gasteiger partial charge on any atom is -0.444 e. The summed E-state index contributed by atoms with van der Waals surface area (Å²) in [7, 11) is 0. The Morgan fingerprint density at radius 3 is 2.53 bits per heavy atom. The van der Waals surface area contributed by atoms with Crippen molar-refractivity contribution in [1.82, 2.24) is 9.88 Å². The fraction of sp³-hybridized carbons (Fsp3) is 0.800. The van der Waals surface area contributed by atoms with Crippen LogP contribution in [0.25, 0.3) is 0 Å². The molecule has 1 unspecified atom stereocenters. The first-order valence-electron chi connectivity index (χ1n) is 7.29. The van der Waals surface area contributed by atoms with Crippen molar-refractivity contribution in [2.75, 3.05) is 13.1 Å². The molecule has 1 saturated heterocycles. The van der Waals surface area contributed by atoms with Crippen LogP contribution in [-0.2, 0) is 12.0 Å². The molecule has 0 spiro atoms. The second-order valence-corrected chi connectivity index (χ2v) is 6.84. The molecule has 1 aliphatic heterocycles. The highest BCUT2D eigenvalue weighted by molar-refractivity contribution is 5.06. The minimum atomic E-state index is 0.0349. The first kappa shape index (κ1) is 14.5. The lowest BCUT2D eigenvalue weighted by atomic mass is 9.91. The van der Waals surface area contributed by atoms with Crippen molar-refractivity contribution in [1.29, 1.82) is 0 Å². The monoisotopic (exact) mass is 265 g/mol. The number of aromatic nitrogens is 1. The molecule has 0 radical (unpaired) electrons. The van der Waals surface area contributed by atoms with E-state index in [1.165, 1.54) is 12.8 Å². The van der Waals surface area contributed by atoms with Gasteiger partial charge in [0, 0.05) is 11.5 Å². The molecule has 1 aromatic heterocycles. The summed E-state index contributed by atoms with van der Waals surface area (Å²) in [6.07, 6.45) is 4.24. The van der Waals surface area contributed by atoms with E-state index < -0.39 is 0 Å². The largest absolute Gasteiger partial charge is 0.444 e. The highest BCUT2D eigenvalue weighted by Gasteiger charge is 2.24. The van der Waals surface area contributed by atoms with E-state index in [4.69, 9.17) is 10.2 Å². The zero-order valence-electron chi connectivity index (χ0n) is 12.6. The molecule has 2 N–H and O–H groups in total. The molecule has 0 amide bonds. The molecule has 4 nitrogen and oxygen atoms in total. The van der Waals surface area contributed by atoms with Crippen LogP contribution in [0.15, 0.2) is 10.6 Å². The molecule has 2 rings (SSSR count). The third-order valence-electron chi connectivity index (χ3n) is 4.03. The van der Waals surface area contributed by atoms with Gasteiger partial charge in [-0.1, -0.05) is 20.8 Å². The van der Waals surface area contributed by atoms with Crippen LogP contribution in [-0.4, -0.2) is 29.0 Å². The summed E-state index contributed by atoms with van der Waals surface area (Å²) in [5.41, 5.74) is 6.00. The number of nitrogens with zero attached hydrogens (tertiary/aromatic N) is 2. The Balaban J connectivity index is 1.87. The summed E-state index contributed by atoms with van der Waals surface area (Å²) < 4.78 is 5.85. The van der Waals surface area contributed by atoms with Gasteiger partial charge in [-0.3, -0.25) is 4.90 Å². The van der Waals surface area contributed by atoms with Crippen molar-refractivity contribution < 1.29 is 4.42 Å². The third kappa shape index (κ3) is 3.80. The lowest BCUT2D eigenvalue weighted by Crippen LogP contribution is -2.39. The minimum absolute atomic E-state index is 0.0349. The van der Waals surface area contributed by atoms with Crippen LogP contribution in [0, 0.1) is 5.92 Å². The smallest absolute Gasteiger partial charge is 0.208 e. The number of nitrogens with two attached hydrogens (primary N) is 1. The summed E-state index contributed by atoms with van der Waals surface area (Å²) in [5, 5.41) is 0. The Morgan fingerprint density at radius 1 is 1.42 bits per heavy atom. The van der Waals surface area contributed by atoms with Gasteiger partial charge >= 0.3 is 0 Å². The van der Waals surface area contributed by atoms with Gasteiger partial charge in [0.05, 0.1) is 12.7 Å². The maximum atomic E-state index is 5.97. The number of likely N-dealkylation sites (tertiary alicyclic amines) is 1. The van der Waals surface area contributed by atoms with Crippen molar-refractivity contribution in [3.05, 3.63) is 17.8 Å². The van der Waals surface area contributed by atoms with Crippen molar-refractivity contribution in [3.63, 3.8) is 0 Å². The molecule has 0 aromatic carbocycles. The Labute approximate surface area is 116 Å². The van der Waals surface area contributed by atoms with Crippen LogP contribution in [0.5, 0.6) is 0 Å². The van der Waals surface area contributed by atoms with Gasteiger partial charge in [-0.2, -0.15) is 0 Å². The maximum absolute atomic E-state index is 5.97. The third-order valence-corrected chi connectivity index (χ3v) is 4.03. The van der Waals surface area contributed by atoms with E-state index in [-0.39, 0.29) is 5.41 Å². The van der Waals surface area contributed by atoms with E-state index in [1.54, 1.807) is 0 Å². The maximum Gasteiger partial charge on any atom is 0.208 e. The number of hydrogen-bond acceptors (Lipinski definition) is 4. The average molecular weight is 265 g/mol. The average Bonchev–Trinajstić information content (AvgIpc) is 2.78. The van der Waals surface area contributed by atoms with Crippen LogP contribution in [0.3, 0.4) is 0 Å². The van der Waals surface area contributed by atoms with Gasteiger partial charge in [-0.05, 0) is 38.8 Å². The summed E-state index contributed by atoms with van der Waals surface area (Å²) in [5.74, 6) is 2.48. The van der Waals surface area contributed by atoms with Crippen LogP contribution >= 0.6 is 0 Å². The van der Waals surface area contributed by atoms with Gasteiger partial charge in [-0.15, -0.1) is 0 Å². The molecular weight excluding hydrogens is 238 g/mol. The van der Waals surface area contributed by atoms with Gasteiger partial charge in [0.2, 0.25) is 5.89 Å². The molecule has 4 heteroatoms. The predicted molar refractivity (Wildman–Crippen MR) is 76.9 cm³/mol. The van der Waals surface area contributed by atoms with Crippen molar-refractivity contribution in [2.45, 2.75) is 58.5 Å². The molecule has 1 aliphatic rings. The van der Waals surface area contributed by atoms with Crippen molar-refractivity contribution in [2.24, 2.45) is 11.7 Å². The quantitative estimate of drug-likeness (QED) is 0.912. The summed E-state index contributed by atoms with van der Waals surface area (Å²) in [6.45, 7) is 11.6. The van der Waals surface area contributed by atoms with Crippen molar-refractivity contribution in [3.8, 4) is 0 Å². The Morgan fingerprint density at radius 2 is 2.05 bits per heavy atom. The lowest BCUT2D eigenvalue weighted by Gasteiger charge is -2.32. The van der Waals surface area contributed by atoms with Crippen LogP contribution in [0.2, 0.25) is 0 Å². The van der Waals surface area contributed by atoms with E-state index in [0.717, 1.165) is 31.3 Å². The molecule has 0 saturated carbocycles. The van der Waals surface area contributed by atoms with E-state index in [2.05, 4.69) is 37.6 Å². The molecular formula is C15H27N3O.